The zero-order valence-corrected chi connectivity index (χ0v) is 9.76. The highest BCUT2D eigenvalue weighted by molar-refractivity contribution is 5.51. The summed E-state index contributed by atoms with van der Waals surface area (Å²) in [6.07, 6.45) is 1.00. The van der Waals surface area contributed by atoms with Crippen LogP contribution in [0.1, 0.15) is 50.2 Å². The Morgan fingerprint density at radius 3 is 2.19 bits per heavy atom. The van der Waals surface area contributed by atoms with E-state index >= 15 is 0 Å². The number of hydrogen-bond donors (Lipinski definition) is 0. The Balaban J connectivity index is 3.18. The van der Waals surface area contributed by atoms with E-state index in [9.17, 15) is 13.6 Å². The zero-order valence-electron chi connectivity index (χ0n) is 9.76. The van der Waals surface area contributed by atoms with E-state index < -0.39 is 11.6 Å². The molecule has 0 aliphatic rings. The Bertz CT molecular complexity index is 386. The van der Waals surface area contributed by atoms with E-state index in [1.807, 2.05) is 13.8 Å². The Kier molecular flexibility index (Phi) is 4.16. The van der Waals surface area contributed by atoms with Gasteiger partial charge in [0, 0.05) is 12.5 Å². The van der Waals surface area contributed by atoms with Gasteiger partial charge in [-0.05, 0) is 29.0 Å². The Morgan fingerprint density at radius 1 is 1.12 bits per heavy atom. The minimum Gasteiger partial charge on any atom is -0.303 e. The van der Waals surface area contributed by atoms with E-state index in [2.05, 4.69) is 0 Å². The standard InChI is InChI=1S/C13H16F2O/c1-8(2)10-6-11(9(3)4-5-16)13(15)7-12(10)14/h5-9H,4H2,1-3H3. The lowest BCUT2D eigenvalue weighted by molar-refractivity contribution is -0.108. The maximum atomic E-state index is 13.5. The average molecular weight is 226 g/mol. The molecule has 0 amide bonds. The van der Waals surface area contributed by atoms with E-state index in [4.69, 9.17) is 0 Å². The molecule has 0 fully saturated rings. The van der Waals surface area contributed by atoms with Gasteiger partial charge < -0.3 is 4.79 Å². The highest BCUT2D eigenvalue weighted by atomic mass is 19.1. The van der Waals surface area contributed by atoms with Gasteiger partial charge in [-0.1, -0.05) is 20.8 Å². The van der Waals surface area contributed by atoms with Gasteiger partial charge in [-0.25, -0.2) is 8.78 Å². The van der Waals surface area contributed by atoms with E-state index in [0.29, 0.717) is 11.1 Å². The van der Waals surface area contributed by atoms with Gasteiger partial charge >= 0.3 is 0 Å². The second kappa shape index (κ2) is 5.19. The molecular weight excluding hydrogens is 210 g/mol. The van der Waals surface area contributed by atoms with Crippen molar-refractivity contribution in [3.05, 3.63) is 34.9 Å². The molecule has 1 aromatic rings. The van der Waals surface area contributed by atoms with Crippen LogP contribution >= 0.6 is 0 Å². The van der Waals surface area contributed by atoms with Gasteiger partial charge in [0.05, 0.1) is 0 Å². The predicted molar refractivity (Wildman–Crippen MR) is 59.5 cm³/mol. The van der Waals surface area contributed by atoms with Crippen LogP contribution in [0, 0.1) is 11.6 Å². The lowest BCUT2D eigenvalue weighted by atomic mass is 9.92. The molecule has 0 N–H and O–H groups in total. The molecule has 88 valence electrons. The smallest absolute Gasteiger partial charge is 0.129 e. The topological polar surface area (TPSA) is 17.1 Å². The van der Waals surface area contributed by atoms with Gasteiger partial charge in [-0.3, -0.25) is 0 Å². The molecule has 0 saturated heterocycles. The van der Waals surface area contributed by atoms with Gasteiger partial charge in [0.25, 0.3) is 0 Å². The Morgan fingerprint density at radius 2 is 1.69 bits per heavy atom. The lowest BCUT2D eigenvalue weighted by Gasteiger charge is -2.14. The zero-order chi connectivity index (χ0) is 12.3. The summed E-state index contributed by atoms with van der Waals surface area (Å²) in [5, 5.41) is 0. The first-order chi connectivity index (χ1) is 7.47. The maximum absolute atomic E-state index is 13.5. The summed E-state index contributed by atoms with van der Waals surface area (Å²) in [4.78, 5) is 10.4. The first-order valence-corrected chi connectivity index (χ1v) is 5.39. The summed E-state index contributed by atoms with van der Waals surface area (Å²) in [6, 6.07) is 2.44. The third-order valence-electron chi connectivity index (χ3n) is 2.72. The van der Waals surface area contributed by atoms with Gasteiger partial charge in [-0.15, -0.1) is 0 Å². The first kappa shape index (κ1) is 12.8. The number of carbonyl (C=O) groups is 1. The van der Waals surface area contributed by atoms with Crippen LogP contribution in [0.15, 0.2) is 12.1 Å². The van der Waals surface area contributed by atoms with Gasteiger partial charge in [-0.2, -0.15) is 0 Å². The molecule has 0 aliphatic carbocycles. The van der Waals surface area contributed by atoms with Crippen molar-refractivity contribution in [1.82, 2.24) is 0 Å². The van der Waals surface area contributed by atoms with Crippen LogP contribution in [0.3, 0.4) is 0 Å². The van der Waals surface area contributed by atoms with E-state index in [1.54, 1.807) is 6.92 Å². The van der Waals surface area contributed by atoms with Crippen molar-refractivity contribution in [3.8, 4) is 0 Å². The third kappa shape index (κ3) is 2.65. The molecular formula is C13H16F2O. The number of halogens is 2. The molecule has 0 aliphatic heterocycles. The molecule has 0 bridgehead atoms. The van der Waals surface area contributed by atoms with E-state index in [1.165, 1.54) is 6.07 Å². The quantitative estimate of drug-likeness (QED) is 0.714. The van der Waals surface area contributed by atoms with Crippen molar-refractivity contribution in [1.29, 1.82) is 0 Å². The largest absolute Gasteiger partial charge is 0.303 e. The van der Waals surface area contributed by atoms with Crippen LogP contribution in [0.5, 0.6) is 0 Å². The predicted octanol–water partition coefficient (Wildman–Crippen LogP) is 3.78. The van der Waals surface area contributed by atoms with Crippen LogP contribution in [0.4, 0.5) is 8.78 Å². The molecule has 1 atom stereocenters. The highest BCUT2D eigenvalue weighted by Gasteiger charge is 2.16. The van der Waals surface area contributed by atoms with Crippen LogP contribution in [0.25, 0.3) is 0 Å². The average Bonchev–Trinajstić information content (AvgIpc) is 2.17. The SMILES string of the molecule is CC(C)c1cc(C(C)CC=O)c(F)cc1F. The van der Waals surface area contributed by atoms with Gasteiger partial charge in [0.1, 0.15) is 17.9 Å². The van der Waals surface area contributed by atoms with Crippen LogP contribution < -0.4 is 0 Å². The normalized spacial score (nSPS) is 12.9. The molecule has 0 spiro atoms. The molecule has 1 unspecified atom stereocenters. The number of rotatable bonds is 4. The fourth-order valence-corrected chi connectivity index (χ4v) is 1.67. The summed E-state index contributed by atoms with van der Waals surface area (Å²) in [6.45, 7) is 5.46. The fourth-order valence-electron chi connectivity index (χ4n) is 1.67. The van der Waals surface area contributed by atoms with E-state index in [-0.39, 0.29) is 18.3 Å². The molecule has 16 heavy (non-hydrogen) atoms. The summed E-state index contributed by atoms with van der Waals surface area (Å²) < 4.78 is 26.9. The summed E-state index contributed by atoms with van der Waals surface area (Å²) in [5.41, 5.74) is 0.909. The first-order valence-electron chi connectivity index (χ1n) is 5.39. The van der Waals surface area contributed by atoms with Crippen molar-refractivity contribution in [2.24, 2.45) is 0 Å². The van der Waals surface area contributed by atoms with Crippen LogP contribution in [0.2, 0.25) is 0 Å². The van der Waals surface area contributed by atoms with E-state index in [0.717, 1.165) is 12.4 Å². The highest BCUT2D eigenvalue weighted by Crippen LogP contribution is 2.27. The minimum atomic E-state index is -0.573. The third-order valence-corrected chi connectivity index (χ3v) is 2.72. The molecule has 1 nitrogen and oxygen atoms in total. The number of aldehydes is 1. The van der Waals surface area contributed by atoms with Crippen molar-refractivity contribution >= 4 is 6.29 Å². The molecule has 1 rings (SSSR count). The molecule has 0 aromatic heterocycles. The maximum Gasteiger partial charge on any atom is 0.129 e. The molecule has 0 radical (unpaired) electrons. The second-order valence-electron chi connectivity index (χ2n) is 4.35. The molecule has 3 heteroatoms. The summed E-state index contributed by atoms with van der Waals surface area (Å²) in [5.74, 6) is -1.30. The van der Waals surface area contributed by atoms with Crippen molar-refractivity contribution in [2.75, 3.05) is 0 Å². The van der Waals surface area contributed by atoms with Gasteiger partial charge in [0.2, 0.25) is 0 Å². The molecule has 0 saturated carbocycles. The molecule has 1 aromatic carbocycles. The van der Waals surface area contributed by atoms with Crippen LogP contribution in [-0.4, -0.2) is 6.29 Å². The van der Waals surface area contributed by atoms with Crippen molar-refractivity contribution in [3.63, 3.8) is 0 Å². The van der Waals surface area contributed by atoms with Crippen molar-refractivity contribution < 1.29 is 13.6 Å². The Labute approximate surface area is 94.5 Å². The minimum absolute atomic E-state index is 0.00258. The Hall–Kier alpha value is -1.25. The van der Waals surface area contributed by atoms with Crippen LogP contribution in [-0.2, 0) is 4.79 Å². The van der Waals surface area contributed by atoms with Gasteiger partial charge in [0.15, 0.2) is 0 Å². The number of benzene rings is 1. The summed E-state index contributed by atoms with van der Waals surface area (Å²) >= 11 is 0. The number of carbonyl (C=O) groups excluding carboxylic acids is 1. The monoisotopic (exact) mass is 226 g/mol. The number of hydrogen-bond acceptors (Lipinski definition) is 1. The van der Waals surface area contributed by atoms with Crippen molar-refractivity contribution in [2.45, 2.75) is 39.0 Å². The molecule has 0 heterocycles. The lowest BCUT2D eigenvalue weighted by Crippen LogP contribution is -2.03. The fraction of sp³-hybridized carbons (Fsp3) is 0.462. The second-order valence-corrected chi connectivity index (χ2v) is 4.35. The summed E-state index contributed by atoms with van der Waals surface area (Å²) in [7, 11) is 0.